The maximum Gasteiger partial charge on any atom is 0.364 e. The van der Waals surface area contributed by atoms with E-state index in [0.717, 1.165) is 12.1 Å². The third-order valence-electron chi connectivity index (χ3n) is 2.33. The Balaban J connectivity index is 2.38. The van der Waals surface area contributed by atoms with Gasteiger partial charge < -0.3 is 4.74 Å². The Labute approximate surface area is 127 Å². The number of hydrogen-bond acceptors (Lipinski definition) is 5. The molecule has 0 saturated heterocycles. The fourth-order valence-electron chi connectivity index (χ4n) is 1.43. The number of benzene rings is 1. The molecule has 0 fully saturated rings. The molecule has 0 spiro atoms. The van der Waals surface area contributed by atoms with Gasteiger partial charge in [-0.3, -0.25) is 10.1 Å². The molecule has 0 aliphatic carbocycles. The predicted molar refractivity (Wildman–Crippen MR) is 72.3 cm³/mol. The van der Waals surface area contributed by atoms with Crippen LogP contribution in [0.4, 0.5) is 10.1 Å². The van der Waals surface area contributed by atoms with E-state index in [4.69, 9.17) is 27.9 Å². The molecule has 0 amide bonds. The molecular weight excluding hydrogens is 326 g/mol. The number of rotatable bonds is 3. The first kappa shape index (κ1) is 15.1. The molecule has 21 heavy (non-hydrogen) atoms. The highest BCUT2D eigenvalue weighted by Gasteiger charge is 2.22. The summed E-state index contributed by atoms with van der Waals surface area (Å²) < 4.78 is 17.9. The summed E-state index contributed by atoms with van der Waals surface area (Å²) in [5, 5.41) is 10.7. The maximum absolute atomic E-state index is 13.1. The van der Waals surface area contributed by atoms with Crippen LogP contribution in [0.5, 0.6) is 5.75 Å². The summed E-state index contributed by atoms with van der Waals surface area (Å²) >= 11 is 11.4. The fraction of sp³-hybridized carbons (Fsp3) is 0. The monoisotopic (exact) mass is 330 g/mol. The number of nitrogens with zero attached hydrogens (tertiary/aromatic N) is 2. The number of nitro benzene ring substituents is 1. The normalized spacial score (nSPS) is 10.2. The maximum atomic E-state index is 13.1. The minimum absolute atomic E-state index is 0.0138. The van der Waals surface area contributed by atoms with E-state index in [1.54, 1.807) is 0 Å². The van der Waals surface area contributed by atoms with Gasteiger partial charge in [-0.1, -0.05) is 23.2 Å². The topological polar surface area (TPSA) is 82.3 Å². The van der Waals surface area contributed by atoms with Gasteiger partial charge in [-0.2, -0.15) is 0 Å². The predicted octanol–water partition coefficient (Wildman–Crippen LogP) is 3.65. The zero-order valence-electron chi connectivity index (χ0n) is 10.0. The third kappa shape index (κ3) is 3.45. The van der Waals surface area contributed by atoms with Gasteiger partial charge in [0.1, 0.15) is 11.0 Å². The summed E-state index contributed by atoms with van der Waals surface area (Å²) in [6.45, 7) is 0. The van der Waals surface area contributed by atoms with Crippen molar-refractivity contribution in [1.82, 2.24) is 4.98 Å². The van der Waals surface area contributed by atoms with Crippen LogP contribution in [0.1, 0.15) is 10.5 Å². The highest BCUT2D eigenvalue weighted by atomic mass is 35.5. The Hall–Kier alpha value is -2.25. The van der Waals surface area contributed by atoms with E-state index in [0.29, 0.717) is 6.07 Å². The SMILES string of the molecule is O=C(Oc1cc(F)ccc1[N+](=O)[O-])c1nc(Cl)ccc1Cl. The van der Waals surface area contributed by atoms with Crippen LogP contribution in [0.3, 0.4) is 0 Å². The lowest BCUT2D eigenvalue weighted by Gasteiger charge is -2.06. The van der Waals surface area contributed by atoms with Crippen LogP contribution in [0, 0.1) is 15.9 Å². The number of halogens is 3. The van der Waals surface area contributed by atoms with Crippen LogP contribution in [-0.2, 0) is 0 Å². The molecule has 0 radical (unpaired) electrons. The van der Waals surface area contributed by atoms with E-state index in [1.165, 1.54) is 12.1 Å². The molecule has 0 aliphatic heterocycles. The molecule has 108 valence electrons. The smallest absolute Gasteiger partial charge is 0.364 e. The van der Waals surface area contributed by atoms with Gasteiger partial charge in [0.25, 0.3) is 0 Å². The number of pyridine rings is 1. The lowest BCUT2D eigenvalue weighted by Crippen LogP contribution is -2.12. The van der Waals surface area contributed by atoms with E-state index in [-0.39, 0.29) is 15.9 Å². The average molecular weight is 331 g/mol. The van der Waals surface area contributed by atoms with Crippen molar-refractivity contribution in [2.45, 2.75) is 0 Å². The van der Waals surface area contributed by atoms with Crippen molar-refractivity contribution in [3.63, 3.8) is 0 Å². The van der Waals surface area contributed by atoms with Crippen LogP contribution in [0.15, 0.2) is 30.3 Å². The molecule has 6 nitrogen and oxygen atoms in total. The average Bonchev–Trinajstić information content (AvgIpc) is 2.41. The Morgan fingerprint density at radius 2 is 2.00 bits per heavy atom. The second-order valence-corrected chi connectivity index (χ2v) is 4.52. The van der Waals surface area contributed by atoms with Gasteiger partial charge in [-0.25, -0.2) is 14.2 Å². The Morgan fingerprint density at radius 3 is 2.67 bits per heavy atom. The lowest BCUT2D eigenvalue weighted by atomic mass is 10.3. The summed E-state index contributed by atoms with van der Waals surface area (Å²) in [5.41, 5.74) is -0.898. The molecule has 0 atom stereocenters. The van der Waals surface area contributed by atoms with Crippen LogP contribution < -0.4 is 4.74 Å². The third-order valence-corrected chi connectivity index (χ3v) is 2.84. The van der Waals surface area contributed by atoms with E-state index in [1.807, 2.05) is 0 Å². The molecule has 0 bridgehead atoms. The standard InChI is InChI=1S/C12H5Cl2FN2O4/c13-7-2-4-10(14)16-11(7)12(18)21-9-5-6(15)1-3-8(9)17(19)20/h1-5H. The van der Waals surface area contributed by atoms with Crippen molar-refractivity contribution in [1.29, 1.82) is 0 Å². The van der Waals surface area contributed by atoms with Crippen molar-refractivity contribution in [2.75, 3.05) is 0 Å². The van der Waals surface area contributed by atoms with Crippen molar-refractivity contribution < 1.29 is 18.8 Å². The first-order valence-electron chi connectivity index (χ1n) is 5.36. The van der Waals surface area contributed by atoms with Gasteiger partial charge in [-0.05, 0) is 18.2 Å². The zero-order valence-corrected chi connectivity index (χ0v) is 11.6. The number of hydrogen-bond donors (Lipinski definition) is 0. The molecule has 0 saturated carbocycles. The largest absolute Gasteiger partial charge is 0.414 e. The van der Waals surface area contributed by atoms with E-state index in [9.17, 15) is 19.3 Å². The molecule has 0 N–H and O–H groups in total. The number of carbonyl (C=O) groups excluding carboxylic acids is 1. The lowest BCUT2D eigenvalue weighted by molar-refractivity contribution is -0.385. The van der Waals surface area contributed by atoms with Crippen molar-refractivity contribution in [2.24, 2.45) is 0 Å². The number of ether oxygens (including phenoxy) is 1. The van der Waals surface area contributed by atoms with E-state index < -0.39 is 28.1 Å². The molecule has 2 aromatic rings. The second-order valence-electron chi connectivity index (χ2n) is 3.72. The minimum Gasteiger partial charge on any atom is -0.414 e. The van der Waals surface area contributed by atoms with Crippen molar-refractivity contribution in [3.05, 3.63) is 62.1 Å². The molecule has 1 aromatic heterocycles. The highest BCUT2D eigenvalue weighted by molar-refractivity contribution is 6.34. The van der Waals surface area contributed by atoms with Crippen LogP contribution in [0.2, 0.25) is 10.2 Å². The van der Waals surface area contributed by atoms with Gasteiger partial charge >= 0.3 is 11.7 Å². The van der Waals surface area contributed by atoms with Gasteiger partial charge in [-0.15, -0.1) is 0 Å². The molecule has 1 aromatic carbocycles. The van der Waals surface area contributed by atoms with Crippen LogP contribution in [0.25, 0.3) is 0 Å². The van der Waals surface area contributed by atoms with Crippen LogP contribution in [-0.4, -0.2) is 15.9 Å². The molecule has 0 unspecified atom stereocenters. The molecule has 2 rings (SSSR count). The Kier molecular flexibility index (Phi) is 4.35. The highest BCUT2D eigenvalue weighted by Crippen LogP contribution is 2.29. The summed E-state index contributed by atoms with van der Waals surface area (Å²) in [6.07, 6.45) is 0. The first-order chi connectivity index (χ1) is 9.88. The van der Waals surface area contributed by atoms with Crippen LogP contribution >= 0.6 is 23.2 Å². The summed E-state index contributed by atoms with van der Waals surface area (Å²) in [5.74, 6) is -2.44. The van der Waals surface area contributed by atoms with Crippen molar-refractivity contribution in [3.8, 4) is 5.75 Å². The number of aromatic nitrogens is 1. The molecule has 0 aliphatic rings. The molecular formula is C12H5Cl2FN2O4. The number of esters is 1. The van der Waals surface area contributed by atoms with Gasteiger partial charge in [0.2, 0.25) is 5.75 Å². The summed E-state index contributed by atoms with van der Waals surface area (Å²) in [6, 6.07) is 5.14. The van der Waals surface area contributed by atoms with E-state index in [2.05, 4.69) is 4.98 Å². The summed E-state index contributed by atoms with van der Waals surface area (Å²) in [7, 11) is 0. The zero-order chi connectivity index (χ0) is 15.6. The minimum atomic E-state index is -1.09. The van der Waals surface area contributed by atoms with Gasteiger partial charge in [0, 0.05) is 12.1 Å². The quantitative estimate of drug-likeness (QED) is 0.282. The Morgan fingerprint density at radius 1 is 1.29 bits per heavy atom. The van der Waals surface area contributed by atoms with Crippen molar-refractivity contribution >= 4 is 34.9 Å². The Bertz CT molecular complexity index is 739. The number of carbonyl (C=O) groups is 1. The van der Waals surface area contributed by atoms with E-state index >= 15 is 0 Å². The molecule has 1 heterocycles. The van der Waals surface area contributed by atoms with Gasteiger partial charge in [0.05, 0.1) is 9.95 Å². The second kappa shape index (κ2) is 6.02. The summed E-state index contributed by atoms with van der Waals surface area (Å²) in [4.78, 5) is 25.6. The fourth-order valence-corrected chi connectivity index (χ4v) is 1.76. The number of nitro groups is 1. The molecule has 9 heteroatoms. The van der Waals surface area contributed by atoms with Gasteiger partial charge in [0.15, 0.2) is 5.69 Å². The first-order valence-corrected chi connectivity index (χ1v) is 6.12.